The predicted molar refractivity (Wildman–Crippen MR) is 61.3 cm³/mol. The Labute approximate surface area is 103 Å². The second-order valence-corrected chi connectivity index (χ2v) is 3.77. The number of pyridine rings is 1. The number of methoxy groups -OCH3 is 1. The molecule has 2 atom stereocenters. The Morgan fingerprint density at radius 2 is 2.24 bits per heavy atom. The summed E-state index contributed by atoms with van der Waals surface area (Å²) in [5, 5.41) is 19.3. The van der Waals surface area contributed by atoms with Crippen LogP contribution in [-0.4, -0.2) is 34.4 Å². The first-order valence-corrected chi connectivity index (χ1v) is 5.18. The highest BCUT2D eigenvalue weighted by molar-refractivity contribution is 6.31. The third-order valence-electron chi connectivity index (χ3n) is 2.17. The van der Waals surface area contributed by atoms with Crippen LogP contribution in [0.1, 0.15) is 18.2 Å². The van der Waals surface area contributed by atoms with Gasteiger partial charge in [-0.3, -0.25) is 4.79 Å². The topological polar surface area (TPSA) is 106 Å². The summed E-state index contributed by atoms with van der Waals surface area (Å²) in [6.07, 6.45) is -2.97. The number of aliphatic hydroxyl groups is 2. The number of rotatable bonds is 4. The van der Waals surface area contributed by atoms with E-state index in [9.17, 15) is 15.0 Å². The molecule has 2 unspecified atom stereocenters. The Balaban J connectivity index is 2.77. The summed E-state index contributed by atoms with van der Waals surface area (Å²) >= 11 is 5.68. The average molecular weight is 261 g/mol. The van der Waals surface area contributed by atoms with Crippen LogP contribution in [0.4, 0.5) is 5.69 Å². The molecule has 1 rings (SSSR count). The maximum absolute atomic E-state index is 10.9. The Bertz CT molecular complexity index is 413. The second-order valence-electron chi connectivity index (χ2n) is 3.41. The van der Waals surface area contributed by atoms with Crippen LogP contribution in [0.3, 0.4) is 0 Å². The molecule has 4 N–H and O–H groups in total. The van der Waals surface area contributed by atoms with Gasteiger partial charge in [0.2, 0.25) is 0 Å². The van der Waals surface area contributed by atoms with Gasteiger partial charge in [-0.05, 0) is 12.1 Å². The number of carbonyl (C=O) groups excluding carboxylic acids is 1. The lowest BCUT2D eigenvalue weighted by Crippen LogP contribution is -2.23. The molecule has 0 radical (unpaired) electrons. The summed E-state index contributed by atoms with van der Waals surface area (Å²) in [5.74, 6) is -0.627. The largest absolute Gasteiger partial charge is 0.469 e. The molecule has 1 aromatic rings. The minimum atomic E-state index is -1.33. The third-order valence-corrected chi connectivity index (χ3v) is 2.47. The highest BCUT2D eigenvalue weighted by Gasteiger charge is 2.23. The summed E-state index contributed by atoms with van der Waals surface area (Å²) in [6.45, 7) is 0. The van der Waals surface area contributed by atoms with Crippen molar-refractivity contribution in [3.63, 3.8) is 0 Å². The summed E-state index contributed by atoms with van der Waals surface area (Å²) in [4.78, 5) is 14.7. The van der Waals surface area contributed by atoms with Gasteiger partial charge in [0.05, 0.1) is 31.0 Å². The molecular weight excluding hydrogens is 248 g/mol. The summed E-state index contributed by atoms with van der Waals surface area (Å²) < 4.78 is 4.37. The Morgan fingerprint density at radius 1 is 1.59 bits per heavy atom. The van der Waals surface area contributed by atoms with Gasteiger partial charge in [-0.15, -0.1) is 0 Å². The lowest BCUT2D eigenvalue weighted by atomic mass is 10.1. The van der Waals surface area contributed by atoms with Crippen molar-refractivity contribution >= 4 is 23.3 Å². The Hall–Kier alpha value is -1.37. The minimum absolute atomic E-state index is 0.0341. The predicted octanol–water partition coefficient (Wildman–Crippen LogP) is 0.275. The van der Waals surface area contributed by atoms with Gasteiger partial charge in [0.15, 0.2) is 5.15 Å². The maximum Gasteiger partial charge on any atom is 0.308 e. The number of nitrogens with two attached hydrogens (primary N) is 1. The van der Waals surface area contributed by atoms with Crippen LogP contribution in [0, 0.1) is 0 Å². The first-order valence-electron chi connectivity index (χ1n) is 4.80. The van der Waals surface area contributed by atoms with E-state index in [2.05, 4.69) is 9.72 Å². The lowest BCUT2D eigenvalue weighted by Gasteiger charge is -2.16. The number of hydrogen-bond acceptors (Lipinski definition) is 6. The molecule has 0 aliphatic carbocycles. The van der Waals surface area contributed by atoms with Gasteiger partial charge < -0.3 is 20.7 Å². The molecular formula is C10H13ClN2O4. The van der Waals surface area contributed by atoms with Crippen molar-refractivity contribution in [1.82, 2.24) is 4.98 Å². The molecule has 0 saturated heterocycles. The molecule has 0 aromatic carbocycles. The number of nitrogens with zero attached hydrogens (tertiary/aromatic N) is 1. The lowest BCUT2D eigenvalue weighted by molar-refractivity contribution is -0.144. The zero-order valence-corrected chi connectivity index (χ0v) is 9.89. The maximum atomic E-state index is 10.9. The van der Waals surface area contributed by atoms with Crippen LogP contribution in [0.2, 0.25) is 5.15 Å². The molecule has 1 heterocycles. The van der Waals surface area contributed by atoms with Crippen molar-refractivity contribution in [3.05, 3.63) is 23.0 Å². The number of nitrogen functional groups attached to an aromatic ring is 1. The number of ether oxygens (including phenoxy) is 1. The van der Waals surface area contributed by atoms with E-state index in [1.165, 1.54) is 19.2 Å². The number of hydrogen-bond donors (Lipinski definition) is 3. The van der Waals surface area contributed by atoms with E-state index in [4.69, 9.17) is 17.3 Å². The van der Waals surface area contributed by atoms with Crippen molar-refractivity contribution in [3.8, 4) is 0 Å². The van der Waals surface area contributed by atoms with Gasteiger partial charge in [0.1, 0.15) is 6.10 Å². The number of aliphatic hydroxyl groups excluding tert-OH is 2. The Morgan fingerprint density at radius 3 is 2.76 bits per heavy atom. The van der Waals surface area contributed by atoms with Crippen LogP contribution in [0.5, 0.6) is 0 Å². The molecule has 94 valence electrons. The quantitative estimate of drug-likeness (QED) is 0.530. The smallest absolute Gasteiger partial charge is 0.308 e. The summed E-state index contributed by atoms with van der Waals surface area (Å²) in [6, 6.07) is 2.88. The van der Waals surface area contributed by atoms with Crippen LogP contribution < -0.4 is 5.73 Å². The molecule has 0 saturated carbocycles. The Kier molecular flexibility index (Phi) is 4.68. The van der Waals surface area contributed by atoms with Gasteiger partial charge in [0.25, 0.3) is 0 Å². The van der Waals surface area contributed by atoms with E-state index in [-0.39, 0.29) is 23.0 Å². The van der Waals surface area contributed by atoms with Crippen molar-refractivity contribution in [2.75, 3.05) is 12.8 Å². The van der Waals surface area contributed by atoms with Gasteiger partial charge in [-0.2, -0.15) is 0 Å². The monoisotopic (exact) mass is 260 g/mol. The van der Waals surface area contributed by atoms with Gasteiger partial charge in [-0.1, -0.05) is 11.6 Å². The highest BCUT2D eigenvalue weighted by atomic mass is 35.5. The first kappa shape index (κ1) is 13.7. The minimum Gasteiger partial charge on any atom is -0.469 e. The number of anilines is 1. The van der Waals surface area contributed by atoms with Crippen molar-refractivity contribution in [1.29, 1.82) is 0 Å². The highest BCUT2D eigenvalue weighted by Crippen LogP contribution is 2.22. The number of carbonyl (C=O) groups is 1. The summed E-state index contributed by atoms with van der Waals surface area (Å²) in [5.41, 5.74) is 5.86. The van der Waals surface area contributed by atoms with E-state index < -0.39 is 18.2 Å². The zero-order chi connectivity index (χ0) is 13.0. The van der Waals surface area contributed by atoms with Crippen LogP contribution in [0.25, 0.3) is 0 Å². The van der Waals surface area contributed by atoms with Crippen molar-refractivity contribution < 1.29 is 19.7 Å². The van der Waals surface area contributed by atoms with Crippen LogP contribution in [-0.2, 0) is 9.53 Å². The van der Waals surface area contributed by atoms with Gasteiger partial charge >= 0.3 is 5.97 Å². The zero-order valence-electron chi connectivity index (χ0n) is 9.13. The molecule has 0 aliphatic rings. The molecule has 7 heteroatoms. The summed E-state index contributed by atoms with van der Waals surface area (Å²) in [7, 11) is 1.19. The molecule has 0 aliphatic heterocycles. The molecule has 0 fully saturated rings. The van der Waals surface area contributed by atoms with Crippen LogP contribution >= 0.6 is 11.6 Å². The molecule has 0 bridgehead atoms. The van der Waals surface area contributed by atoms with E-state index >= 15 is 0 Å². The fourth-order valence-corrected chi connectivity index (χ4v) is 1.35. The second kappa shape index (κ2) is 5.81. The molecule has 6 nitrogen and oxygen atoms in total. The first-order chi connectivity index (χ1) is 7.95. The van der Waals surface area contributed by atoms with Crippen molar-refractivity contribution in [2.24, 2.45) is 0 Å². The fourth-order valence-electron chi connectivity index (χ4n) is 1.19. The van der Waals surface area contributed by atoms with Crippen LogP contribution in [0.15, 0.2) is 12.1 Å². The van der Waals surface area contributed by atoms with Crippen molar-refractivity contribution in [2.45, 2.75) is 18.6 Å². The number of aromatic nitrogens is 1. The van der Waals surface area contributed by atoms with Gasteiger partial charge in [0, 0.05) is 0 Å². The molecule has 0 amide bonds. The molecule has 17 heavy (non-hydrogen) atoms. The average Bonchev–Trinajstić information content (AvgIpc) is 2.31. The third kappa shape index (κ3) is 3.55. The van der Waals surface area contributed by atoms with E-state index in [1.807, 2.05) is 0 Å². The van der Waals surface area contributed by atoms with Gasteiger partial charge in [-0.25, -0.2) is 4.98 Å². The van der Waals surface area contributed by atoms with E-state index in [0.717, 1.165) is 0 Å². The van der Waals surface area contributed by atoms with E-state index in [0.29, 0.717) is 0 Å². The number of esters is 1. The molecule has 1 aromatic heterocycles. The number of halogens is 1. The molecule has 0 spiro atoms. The SMILES string of the molecule is COC(=O)CC(O)C(O)c1ccc(N)c(Cl)n1. The normalized spacial score (nSPS) is 14.1. The standard InChI is InChI=1S/C10H13ClN2O4/c1-17-8(15)4-7(14)9(16)6-3-2-5(12)10(11)13-6/h2-3,7,9,14,16H,4,12H2,1H3. The van der Waals surface area contributed by atoms with E-state index in [1.54, 1.807) is 0 Å². The fraction of sp³-hybridized carbons (Fsp3) is 0.400.